The van der Waals surface area contributed by atoms with Crippen molar-refractivity contribution in [3.8, 4) is 11.1 Å². The van der Waals surface area contributed by atoms with Crippen LogP contribution in [0.3, 0.4) is 0 Å². The molecule has 1 heterocycles. The van der Waals surface area contributed by atoms with E-state index in [0.29, 0.717) is 16.6 Å². The number of benzene rings is 2. The summed E-state index contributed by atoms with van der Waals surface area (Å²) in [5.74, 6) is -1.33. The standard InChI is InChI=1S/C16H10FNO2/c17-12-6-5-10-7-11(9-18-15(10)8-12)13-3-1-2-4-14(13)16(19)20/h1-9H,(H,19,20). The number of hydrogen-bond acceptors (Lipinski definition) is 2. The van der Waals surface area contributed by atoms with Gasteiger partial charge < -0.3 is 5.11 Å². The topological polar surface area (TPSA) is 50.2 Å². The Labute approximate surface area is 114 Å². The summed E-state index contributed by atoms with van der Waals surface area (Å²) >= 11 is 0. The molecule has 1 N–H and O–H groups in total. The first kappa shape index (κ1) is 12.3. The molecular weight excluding hydrogens is 257 g/mol. The third-order valence-corrected chi connectivity index (χ3v) is 3.11. The minimum absolute atomic E-state index is 0.218. The van der Waals surface area contributed by atoms with Crippen LogP contribution < -0.4 is 0 Å². The van der Waals surface area contributed by atoms with E-state index in [-0.39, 0.29) is 11.4 Å². The molecule has 3 rings (SSSR count). The first-order valence-electron chi connectivity index (χ1n) is 6.03. The molecule has 1 aromatic heterocycles. The normalized spacial score (nSPS) is 10.7. The fourth-order valence-corrected chi connectivity index (χ4v) is 2.16. The van der Waals surface area contributed by atoms with E-state index < -0.39 is 5.97 Å². The molecule has 3 nitrogen and oxygen atoms in total. The zero-order chi connectivity index (χ0) is 14.1. The average molecular weight is 267 g/mol. The van der Waals surface area contributed by atoms with Crippen LogP contribution in [0.25, 0.3) is 22.0 Å². The number of fused-ring (bicyclic) bond motifs is 1. The number of hydrogen-bond donors (Lipinski definition) is 1. The van der Waals surface area contributed by atoms with E-state index in [1.165, 1.54) is 12.1 Å². The molecule has 0 unspecified atom stereocenters. The lowest BCUT2D eigenvalue weighted by Gasteiger charge is -2.07. The highest BCUT2D eigenvalue weighted by atomic mass is 19.1. The summed E-state index contributed by atoms with van der Waals surface area (Å²) in [5, 5.41) is 9.97. The second-order valence-corrected chi connectivity index (χ2v) is 4.41. The number of carboxylic acid groups (broad SMARTS) is 1. The highest BCUT2D eigenvalue weighted by Crippen LogP contribution is 2.26. The van der Waals surface area contributed by atoms with E-state index in [2.05, 4.69) is 4.98 Å². The van der Waals surface area contributed by atoms with Gasteiger partial charge in [-0.25, -0.2) is 9.18 Å². The minimum Gasteiger partial charge on any atom is -0.478 e. The van der Waals surface area contributed by atoms with Crippen molar-refractivity contribution in [1.29, 1.82) is 0 Å². The van der Waals surface area contributed by atoms with Gasteiger partial charge in [0.15, 0.2) is 0 Å². The van der Waals surface area contributed by atoms with Crippen LogP contribution in [0.2, 0.25) is 0 Å². The highest BCUT2D eigenvalue weighted by Gasteiger charge is 2.11. The first-order valence-corrected chi connectivity index (χ1v) is 6.03. The predicted octanol–water partition coefficient (Wildman–Crippen LogP) is 3.74. The Balaban J connectivity index is 2.20. The molecule has 0 bridgehead atoms. The van der Waals surface area contributed by atoms with Crippen molar-refractivity contribution in [2.45, 2.75) is 0 Å². The van der Waals surface area contributed by atoms with Crippen molar-refractivity contribution in [3.63, 3.8) is 0 Å². The molecule has 0 radical (unpaired) electrons. The van der Waals surface area contributed by atoms with Gasteiger partial charge in [0, 0.05) is 23.2 Å². The number of nitrogens with zero attached hydrogens (tertiary/aromatic N) is 1. The lowest BCUT2D eigenvalue weighted by Crippen LogP contribution is -1.99. The van der Waals surface area contributed by atoms with Crippen LogP contribution in [-0.4, -0.2) is 16.1 Å². The fraction of sp³-hybridized carbons (Fsp3) is 0. The van der Waals surface area contributed by atoms with Crippen molar-refractivity contribution >= 4 is 16.9 Å². The zero-order valence-electron chi connectivity index (χ0n) is 10.4. The first-order chi connectivity index (χ1) is 9.65. The van der Waals surface area contributed by atoms with Crippen LogP contribution in [0.15, 0.2) is 54.7 Å². The van der Waals surface area contributed by atoms with E-state index in [1.54, 1.807) is 36.5 Å². The molecule has 98 valence electrons. The van der Waals surface area contributed by atoms with Gasteiger partial charge in [-0.2, -0.15) is 0 Å². The number of rotatable bonds is 2. The number of aromatic nitrogens is 1. The van der Waals surface area contributed by atoms with Gasteiger partial charge in [-0.3, -0.25) is 4.98 Å². The van der Waals surface area contributed by atoms with Gasteiger partial charge in [0.1, 0.15) is 5.82 Å². The van der Waals surface area contributed by atoms with Gasteiger partial charge in [0.05, 0.1) is 11.1 Å². The maximum atomic E-state index is 13.1. The van der Waals surface area contributed by atoms with Crippen LogP contribution in [-0.2, 0) is 0 Å². The summed E-state index contributed by atoms with van der Waals surface area (Å²) in [6.07, 6.45) is 1.56. The molecule has 0 saturated carbocycles. The third-order valence-electron chi connectivity index (χ3n) is 3.11. The molecule has 0 aliphatic carbocycles. The minimum atomic E-state index is -0.986. The van der Waals surface area contributed by atoms with Crippen LogP contribution in [0, 0.1) is 5.82 Å². The number of aromatic carboxylic acids is 1. The van der Waals surface area contributed by atoms with E-state index in [0.717, 1.165) is 5.39 Å². The molecule has 20 heavy (non-hydrogen) atoms. The van der Waals surface area contributed by atoms with Gasteiger partial charge in [0.2, 0.25) is 0 Å². The van der Waals surface area contributed by atoms with E-state index >= 15 is 0 Å². The molecule has 0 aliphatic rings. The van der Waals surface area contributed by atoms with E-state index in [9.17, 15) is 14.3 Å². The molecule has 4 heteroatoms. The maximum Gasteiger partial charge on any atom is 0.336 e. The summed E-state index contributed by atoms with van der Waals surface area (Å²) in [6, 6.07) is 12.9. The Hall–Kier alpha value is -2.75. The number of pyridine rings is 1. The molecule has 0 atom stereocenters. The second kappa shape index (κ2) is 4.74. The summed E-state index contributed by atoms with van der Waals surface area (Å²) in [6.45, 7) is 0. The molecule has 0 fully saturated rings. The van der Waals surface area contributed by atoms with Crippen molar-refractivity contribution in [2.24, 2.45) is 0 Å². The monoisotopic (exact) mass is 267 g/mol. The molecule has 0 spiro atoms. The SMILES string of the molecule is O=C(O)c1ccccc1-c1cnc2cc(F)ccc2c1. The molecule has 3 aromatic rings. The Morgan fingerprint density at radius 2 is 1.90 bits per heavy atom. The predicted molar refractivity (Wildman–Crippen MR) is 74.1 cm³/mol. The largest absolute Gasteiger partial charge is 0.478 e. The fourth-order valence-electron chi connectivity index (χ4n) is 2.16. The summed E-state index contributed by atoms with van der Waals surface area (Å²) in [5.41, 5.74) is 2.05. The molecule has 0 aliphatic heterocycles. The molecule has 0 amide bonds. The third kappa shape index (κ3) is 2.12. The smallest absolute Gasteiger partial charge is 0.336 e. The summed E-state index contributed by atoms with van der Waals surface area (Å²) in [7, 11) is 0. The van der Waals surface area contributed by atoms with Gasteiger partial charge in [0.25, 0.3) is 0 Å². The number of carbonyl (C=O) groups is 1. The van der Waals surface area contributed by atoms with E-state index in [4.69, 9.17) is 0 Å². The zero-order valence-corrected chi connectivity index (χ0v) is 10.4. The van der Waals surface area contributed by atoms with Gasteiger partial charge in [-0.1, -0.05) is 18.2 Å². The maximum absolute atomic E-state index is 13.1. The number of carboxylic acids is 1. The highest BCUT2D eigenvalue weighted by molar-refractivity contribution is 5.97. The molecule has 2 aromatic carbocycles. The Bertz CT molecular complexity index is 814. The van der Waals surface area contributed by atoms with E-state index in [1.807, 2.05) is 6.07 Å². The van der Waals surface area contributed by atoms with Crippen LogP contribution in [0.5, 0.6) is 0 Å². The van der Waals surface area contributed by atoms with Gasteiger partial charge in [-0.15, -0.1) is 0 Å². The lowest BCUT2D eigenvalue weighted by molar-refractivity contribution is 0.0697. The van der Waals surface area contributed by atoms with Gasteiger partial charge >= 0.3 is 5.97 Å². The summed E-state index contributed by atoms with van der Waals surface area (Å²) < 4.78 is 13.1. The Morgan fingerprint density at radius 3 is 2.70 bits per heavy atom. The van der Waals surface area contributed by atoms with Crippen LogP contribution in [0.4, 0.5) is 4.39 Å². The molecule has 0 saturated heterocycles. The quantitative estimate of drug-likeness (QED) is 0.769. The van der Waals surface area contributed by atoms with Crippen LogP contribution in [0.1, 0.15) is 10.4 Å². The van der Waals surface area contributed by atoms with Crippen LogP contribution >= 0.6 is 0 Å². The van der Waals surface area contributed by atoms with Gasteiger partial charge in [-0.05, 0) is 29.8 Å². The van der Waals surface area contributed by atoms with Crippen molar-refractivity contribution < 1.29 is 14.3 Å². The Morgan fingerprint density at radius 1 is 1.10 bits per heavy atom. The number of halogens is 1. The summed E-state index contributed by atoms with van der Waals surface area (Å²) in [4.78, 5) is 15.4. The second-order valence-electron chi connectivity index (χ2n) is 4.41. The lowest BCUT2D eigenvalue weighted by atomic mass is 10.00. The average Bonchev–Trinajstić information content (AvgIpc) is 2.46. The van der Waals surface area contributed by atoms with Crippen molar-refractivity contribution in [2.75, 3.05) is 0 Å². The Kier molecular flexibility index (Phi) is 2.91. The van der Waals surface area contributed by atoms with Crippen molar-refractivity contribution in [1.82, 2.24) is 4.98 Å². The van der Waals surface area contributed by atoms with Crippen molar-refractivity contribution in [3.05, 3.63) is 66.1 Å². The molecular formula is C16H10FNO2.